The summed E-state index contributed by atoms with van der Waals surface area (Å²) in [6.07, 6.45) is 14.4. The molecule has 4 nitrogen and oxygen atoms in total. The molecule has 5 heteroatoms. The summed E-state index contributed by atoms with van der Waals surface area (Å²) in [7, 11) is -4.28. The van der Waals surface area contributed by atoms with E-state index in [1.54, 1.807) is 0 Å². The molecule has 0 spiro atoms. The van der Waals surface area contributed by atoms with Gasteiger partial charge in [-0.3, -0.25) is 0 Å². The van der Waals surface area contributed by atoms with Gasteiger partial charge < -0.3 is 4.55 Å². The molecule has 0 unspecified atom stereocenters. The van der Waals surface area contributed by atoms with Crippen LogP contribution in [0.1, 0.15) is 45.4 Å². The highest BCUT2D eigenvalue weighted by Crippen LogP contribution is 2.00. The van der Waals surface area contributed by atoms with E-state index < -0.39 is 10.3 Å². The highest BCUT2D eigenvalue weighted by Gasteiger charge is 1.89. The summed E-state index contributed by atoms with van der Waals surface area (Å²) in [5, 5.41) is 0. The quantitative estimate of drug-likeness (QED) is 0.373. The molecule has 0 aliphatic heterocycles. The molecule has 0 aromatic heterocycles. The first-order valence-corrected chi connectivity index (χ1v) is 7.47. The maximum atomic E-state index is 10.2. The zero-order valence-electron chi connectivity index (χ0n) is 10.4. The van der Waals surface area contributed by atoms with Crippen LogP contribution in [0.3, 0.4) is 0 Å². The van der Waals surface area contributed by atoms with Crippen molar-refractivity contribution in [2.45, 2.75) is 45.4 Å². The van der Waals surface area contributed by atoms with Gasteiger partial charge in [0.2, 0.25) is 0 Å². The van der Waals surface area contributed by atoms with Gasteiger partial charge in [-0.2, -0.15) is 0 Å². The van der Waals surface area contributed by atoms with Crippen molar-refractivity contribution < 1.29 is 13.0 Å². The lowest BCUT2D eigenvalue weighted by Crippen LogP contribution is -2.23. The average Bonchev–Trinajstić information content (AvgIpc) is 2.24. The van der Waals surface area contributed by atoms with Gasteiger partial charge in [-0.1, -0.05) is 44.1 Å². The minimum absolute atomic E-state index is 0.169. The molecule has 0 fully saturated rings. The van der Waals surface area contributed by atoms with Gasteiger partial charge in [0.1, 0.15) is 0 Å². The predicted octanol–water partition coefficient (Wildman–Crippen LogP) is 2.51. The Morgan fingerprint density at radius 2 is 1.71 bits per heavy atom. The van der Waals surface area contributed by atoms with Crippen molar-refractivity contribution in [1.29, 1.82) is 0 Å². The van der Waals surface area contributed by atoms with Crippen LogP contribution in [0.2, 0.25) is 0 Å². The fraction of sp³-hybridized carbons (Fsp3) is 0.667. The Balaban J connectivity index is 3.36. The molecule has 0 heterocycles. The lowest BCUT2D eigenvalue weighted by molar-refractivity contribution is 0.449. The standard InChI is InChI=1S/C12H23NO3S/c1-2-3-4-5-6-7-8-9-10-11-12-13-17(14,15)16/h6-7,9-10,13H,2-5,8,11-12H2,1H3,(H,14,15,16)/p-1/b7-6-,10-9-. The molecular weight excluding hydrogens is 238 g/mol. The molecule has 0 saturated carbocycles. The molecule has 0 amide bonds. The van der Waals surface area contributed by atoms with E-state index in [-0.39, 0.29) is 6.54 Å². The lowest BCUT2D eigenvalue weighted by Gasteiger charge is -2.06. The number of rotatable bonds is 10. The Kier molecular flexibility index (Phi) is 10.1. The first kappa shape index (κ1) is 16.4. The maximum absolute atomic E-state index is 10.2. The second-order valence-electron chi connectivity index (χ2n) is 3.81. The third-order valence-electron chi connectivity index (χ3n) is 2.17. The Morgan fingerprint density at radius 3 is 2.29 bits per heavy atom. The van der Waals surface area contributed by atoms with Crippen molar-refractivity contribution in [2.75, 3.05) is 6.54 Å². The minimum Gasteiger partial charge on any atom is -0.735 e. The van der Waals surface area contributed by atoms with Crippen LogP contribution >= 0.6 is 0 Å². The molecular formula is C12H22NO3S-. The second kappa shape index (κ2) is 10.5. The van der Waals surface area contributed by atoms with Crippen molar-refractivity contribution >= 4 is 10.3 Å². The van der Waals surface area contributed by atoms with E-state index in [9.17, 15) is 13.0 Å². The summed E-state index contributed by atoms with van der Waals surface area (Å²) in [5.41, 5.74) is 0. The summed E-state index contributed by atoms with van der Waals surface area (Å²) in [4.78, 5) is 0. The summed E-state index contributed by atoms with van der Waals surface area (Å²) in [6, 6.07) is 0. The number of unbranched alkanes of at least 4 members (excludes halogenated alkanes) is 3. The van der Waals surface area contributed by atoms with E-state index in [0.29, 0.717) is 6.42 Å². The van der Waals surface area contributed by atoms with Crippen LogP contribution in [-0.4, -0.2) is 19.5 Å². The Labute approximate surface area is 105 Å². The molecule has 0 saturated heterocycles. The Bertz CT molecular complexity index is 321. The van der Waals surface area contributed by atoms with E-state index in [2.05, 4.69) is 19.1 Å². The van der Waals surface area contributed by atoms with Gasteiger partial charge in [0.25, 0.3) is 0 Å². The molecule has 0 atom stereocenters. The van der Waals surface area contributed by atoms with Crippen molar-refractivity contribution in [3.8, 4) is 0 Å². The molecule has 0 aromatic rings. The van der Waals surface area contributed by atoms with Gasteiger partial charge in [0.05, 0.1) is 0 Å². The fourth-order valence-corrected chi connectivity index (χ4v) is 1.65. The average molecular weight is 260 g/mol. The number of allylic oxidation sites excluding steroid dienone is 3. The Morgan fingerprint density at radius 1 is 1.06 bits per heavy atom. The van der Waals surface area contributed by atoms with Crippen LogP contribution in [0.15, 0.2) is 24.3 Å². The van der Waals surface area contributed by atoms with Crippen LogP contribution in [0.4, 0.5) is 0 Å². The van der Waals surface area contributed by atoms with Crippen LogP contribution in [0.5, 0.6) is 0 Å². The van der Waals surface area contributed by atoms with Crippen molar-refractivity contribution in [1.82, 2.24) is 4.72 Å². The highest BCUT2D eigenvalue weighted by atomic mass is 32.2. The summed E-state index contributed by atoms with van der Waals surface area (Å²) >= 11 is 0. The molecule has 0 radical (unpaired) electrons. The maximum Gasteiger partial charge on any atom is 0.159 e. The van der Waals surface area contributed by atoms with Gasteiger partial charge in [-0.05, 0) is 25.7 Å². The molecule has 0 aromatic carbocycles. The van der Waals surface area contributed by atoms with Gasteiger partial charge in [0.15, 0.2) is 10.3 Å². The molecule has 0 rings (SSSR count). The predicted molar refractivity (Wildman–Crippen MR) is 69.4 cm³/mol. The first-order valence-electron chi connectivity index (χ1n) is 6.06. The number of hydrogen-bond acceptors (Lipinski definition) is 3. The minimum atomic E-state index is -4.28. The van der Waals surface area contributed by atoms with E-state index in [4.69, 9.17) is 0 Å². The van der Waals surface area contributed by atoms with E-state index in [1.807, 2.05) is 16.9 Å². The SMILES string of the molecule is CCCCC/C=C\C/C=C\CCNS(=O)(=O)[O-]. The van der Waals surface area contributed by atoms with Gasteiger partial charge in [0, 0.05) is 6.54 Å². The molecule has 1 N–H and O–H groups in total. The van der Waals surface area contributed by atoms with Crippen LogP contribution < -0.4 is 4.72 Å². The molecule has 0 bridgehead atoms. The van der Waals surface area contributed by atoms with Crippen molar-refractivity contribution in [2.24, 2.45) is 0 Å². The highest BCUT2D eigenvalue weighted by molar-refractivity contribution is 7.83. The topological polar surface area (TPSA) is 69.2 Å². The number of nitrogens with one attached hydrogen (secondary N) is 1. The Hall–Kier alpha value is -0.650. The van der Waals surface area contributed by atoms with E-state index >= 15 is 0 Å². The lowest BCUT2D eigenvalue weighted by atomic mass is 10.2. The summed E-state index contributed by atoms with van der Waals surface area (Å²) < 4.78 is 32.5. The van der Waals surface area contributed by atoms with Crippen LogP contribution in [0.25, 0.3) is 0 Å². The normalized spacial score (nSPS) is 12.8. The van der Waals surface area contributed by atoms with Gasteiger partial charge >= 0.3 is 0 Å². The third-order valence-corrected chi connectivity index (χ3v) is 2.73. The summed E-state index contributed by atoms with van der Waals surface area (Å²) in [6.45, 7) is 2.35. The molecule has 0 aliphatic rings. The smallest absolute Gasteiger partial charge is 0.159 e. The third kappa shape index (κ3) is 15.4. The monoisotopic (exact) mass is 260 g/mol. The largest absolute Gasteiger partial charge is 0.735 e. The van der Waals surface area contributed by atoms with Crippen LogP contribution in [-0.2, 0) is 10.3 Å². The van der Waals surface area contributed by atoms with E-state index in [0.717, 1.165) is 12.8 Å². The first-order chi connectivity index (χ1) is 8.06. The van der Waals surface area contributed by atoms with Crippen molar-refractivity contribution in [3.05, 3.63) is 24.3 Å². The zero-order chi connectivity index (χ0) is 13.0. The van der Waals surface area contributed by atoms with Gasteiger partial charge in [-0.25, -0.2) is 13.1 Å². The van der Waals surface area contributed by atoms with Gasteiger partial charge in [-0.15, -0.1) is 0 Å². The number of hydrogen-bond donors (Lipinski definition) is 1. The molecule has 100 valence electrons. The second-order valence-corrected chi connectivity index (χ2v) is 5.01. The zero-order valence-corrected chi connectivity index (χ0v) is 11.2. The summed E-state index contributed by atoms with van der Waals surface area (Å²) in [5.74, 6) is 0. The molecule has 17 heavy (non-hydrogen) atoms. The fourth-order valence-electron chi connectivity index (χ4n) is 1.29. The van der Waals surface area contributed by atoms with Crippen molar-refractivity contribution in [3.63, 3.8) is 0 Å². The van der Waals surface area contributed by atoms with Crippen LogP contribution in [0, 0.1) is 0 Å². The van der Waals surface area contributed by atoms with E-state index in [1.165, 1.54) is 19.3 Å². The molecule has 0 aliphatic carbocycles.